The summed E-state index contributed by atoms with van der Waals surface area (Å²) in [4.78, 5) is 4.20. The zero-order valence-electron chi connectivity index (χ0n) is 9.49. The van der Waals surface area contributed by atoms with Crippen molar-refractivity contribution in [1.82, 2.24) is 4.98 Å². The fourth-order valence-electron chi connectivity index (χ4n) is 1.87. The lowest BCUT2D eigenvalue weighted by atomic mass is 10.2. The number of hydrogen-bond acceptors (Lipinski definition) is 2. The van der Waals surface area contributed by atoms with Crippen molar-refractivity contribution in [1.29, 1.82) is 0 Å². The first kappa shape index (κ1) is 12.1. The lowest BCUT2D eigenvalue weighted by Gasteiger charge is -2.08. The highest BCUT2D eigenvalue weighted by molar-refractivity contribution is 7.13. The van der Waals surface area contributed by atoms with Crippen molar-refractivity contribution in [2.45, 2.75) is 6.36 Å². The third kappa shape index (κ3) is 2.58. The van der Waals surface area contributed by atoms with Gasteiger partial charge in [-0.3, -0.25) is 0 Å². The van der Waals surface area contributed by atoms with Crippen molar-refractivity contribution < 1.29 is 17.9 Å². The number of alkyl halides is 3. The Bertz CT molecular complexity index is 700. The third-order valence-corrected chi connectivity index (χ3v) is 3.52. The van der Waals surface area contributed by atoms with Gasteiger partial charge in [0.1, 0.15) is 5.75 Å². The molecule has 0 amide bonds. The highest BCUT2D eigenvalue weighted by Gasteiger charge is 2.31. The van der Waals surface area contributed by atoms with Gasteiger partial charge in [0.2, 0.25) is 0 Å². The van der Waals surface area contributed by atoms with Crippen LogP contribution in [0.5, 0.6) is 5.75 Å². The van der Waals surface area contributed by atoms with Gasteiger partial charge in [-0.1, -0.05) is 6.07 Å². The predicted molar refractivity (Wildman–Crippen MR) is 68.3 cm³/mol. The number of aromatic nitrogens is 1. The van der Waals surface area contributed by atoms with E-state index >= 15 is 0 Å². The molecule has 0 spiro atoms. The summed E-state index contributed by atoms with van der Waals surface area (Å²) in [6, 6.07) is 9.92. The smallest absolute Gasteiger partial charge is 0.406 e. The molecule has 3 aromatic rings. The van der Waals surface area contributed by atoms with Crippen molar-refractivity contribution in [3.63, 3.8) is 0 Å². The first-order valence-corrected chi connectivity index (χ1v) is 6.32. The van der Waals surface area contributed by atoms with Crippen LogP contribution in [0, 0.1) is 0 Å². The molecule has 0 atom stereocenters. The molecular weight excluding hydrogens is 275 g/mol. The van der Waals surface area contributed by atoms with Crippen molar-refractivity contribution in [2.24, 2.45) is 0 Å². The number of H-pyrrole nitrogens is 1. The SMILES string of the molecule is FC(F)(F)Oc1ccc2[nH]c(-c3cccs3)cc2c1. The van der Waals surface area contributed by atoms with Crippen LogP contribution in [0.1, 0.15) is 0 Å². The van der Waals surface area contributed by atoms with E-state index in [-0.39, 0.29) is 5.75 Å². The van der Waals surface area contributed by atoms with Crippen molar-refractivity contribution in [2.75, 3.05) is 0 Å². The quantitative estimate of drug-likeness (QED) is 0.718. The molecule has 19 heavy (non-hydrogen) atoms. The topological polar surface area (TPSA) is 25.0 Å². The van der Waals surface area contributed by atoms with E-state index in [2.05, 4.69) is 9.72 Å². The molecule has 0 aliphatic rings. The van der Waals surface area contributed by atoms with E-state index in [1.807, 2.05) is 23.6 Å². The Morgan fingerprint density at radius 1 is 1.11 bits per heavy atom. The molecule has 0 aliphatic carbocycles. The van der Waals surface area contributed by atoms with Gasteiger partial charge < -0.3 is 9.72 Å². The molecule has 2 nitrogen and oxygen atoms in total. The van der Waals surface area contributed by atoms with E-state index in [0.717, 1.165) is 16.1 Å². The maximum atomic E-state index is 12.1. The van der Waals surface area contributed by atoms with Gasteiger partial charge in [-0.05, 0) is 35.7 Å². The van der Waals surface area contributed by atoms with Crippen molar-refractivity contribution in [3.05, 3.63) is 41.8 Å². The van der Waals surface area contributed by atoms with Crippen LogP contribution >= 0.6 is 11.3 Å². The van der Waals surface area contributed by atoms with Crippen LogP contribution in [0.25, 0.3) is 21.5 Å². The molecule has 0 aliphatic heterocycles. The average Bonchev–Trinajstić information content (AvgIpc) is 2.94. The van der Waals surface area contributed by atoms with E-state index in [1.54, 1.807) is 17.4 Å². The van der Waals surface area contributed by atoms with Gasteiger partial charge in [0.15, 0.2) is 0 Å². The largest absolute Gasteiger partial charge is 0.573 e. The monoisotopic (exact) mass is 283 g/mol. The lowest BCUT2D eigenvalue weighted by Crippen LogP contribution is -2.16. The fourth-order valence-corrected chi connectivity index (χ4v) is 2.57. The Balaban J connectivity index is 2.00. The molecule has 0 saturated carbocycles. The summed E-state index contributed by atoms with van der Waals surface area (Å²) >= 11 is 1.56. The zero-order chi connectivity index (χ0) is 13.5. The highest BCUT2D eigenvalue weighted by atomic mass is 32.1. The van der Waals surface area contributed by atoms with Crippen LogP contribution in [0.15, 0.2) is 41.8 Å². The molecule has 2 heterocycles. The first-order chi connectivity index (χ1) is 9.01. The van der Waals surface area contributed by atoms with Crippen LogP contribution in [-0.4, -0.2) is 11.3 Å². The van der Waals surface area contributed by atoms with Crippen molar-refractivity contribution in [3.8, 4) is 16.3 Å². The van der Waals surface area contributed by atoms with Crippen LogP contribution in [0.2, 0.25) is 0 Å². The second-order valence-electron chi connectivity index (χ2n) is 3.96. The van der Waals surface area contributed by atoms with Gasteiger partial charge in [-0.2, -0.15) is 0 Å². The third-order valence-electron chi connectivity index (χ3n) is 2.61. The minimum Gasteiger partial charge on any atom is -0.406 e. The lowest BCUT2D eigenvalue weighted by molar-refractivity contribution is -0.274. The van der Waals surface area contributed by atoms with E-state index in [1.165, 1.54) is 12.1 Å². The Hall–Kier alpha value is -1.95. The number of ether oxygens (including phenoxy) is 1. The summed E-state index contributed by atoms with van der Waals surface area (Å²) in [5, 5.41) is 2.63. The molecule has 3 rings (SSSR count). The molecule has 0 fully saturated rings. The van der Waals surface area contributed by atoms with Crippen LogP contribution in [-0.2, 0) is 0 Å². The molecule has 0 radical (unpaired) electrons. The number of rotatable bonds is 2. The van der Waals surface area contributed by atoms with E-state index < -0.39 is 6.36 Å². The van der Waals surface area contributed by atoms with E-state index in [4.69, 9.17) is 0 Å². The summed E-state index contributed by atoms with van der Waals surface area (Å²) < 4.78 is 40.3. The summed E-state index contributed by atoms with van der Waals surface area (Å²) in [5.74, 6) is -0.211. The molecule has 1 N–H and O–H groups in total. The molecule has 0 unspecified atom stereocenters. The number of hydrogen-bond donors (Lipinski definition) is 1. The number of nitrogens with one attached hydrogen (secondary N) is 1. The predicted octanol–water partition coefficient (Wildman–Crippen LogP) is 4.80. The first-order valence-electron chi connectivity index (χ1n) is 5.44. The summed E-state index contributed by atoms with van der Waals surface area (Å²) in [6.07, 6.45) is -4.67. The second kappa shape index (κ2) is 4.31. The van der Waals surface area contributed by atoms with Crippen LogP contribution in [0.3, 0.4) is 0 Å². The summed E-state index contributed by atoms with van der Waals surface area (Å²) in [5.41, 5.74) is 1.66. The molecule has 1 aromatic carbocycles. The Kier molecular flexibility index (Phi) is 2.74. The molecule has 2 aromatic heterocycles. The van der Waals surface area contributed by atoms with Gasteiger partial charge in [-0.25, -0.2) is 0 Å². The zero-order valence-corrected chi connectivity index (χ0v) is 10.3. The van der Waals surface area contributed by atoms with Gasteiger partial charge in [0.25, 0.3) is 0 Å². The second-order valence-corrected chi connectivity index (χ2v) is 4.90. The Morgan fingerprint density at radius 2 is 1.95 bits per heavy atom. The summed E-state index contributed by atoms with van der Waals surface area (Å²) in [7, 11) is 0. The molecule has 6 heteroatoms. The maximum absolute atomic E-state index is 12.1. The van der Waals surface area contributed by atoms with Crippen molar-refractivity contribution >= 4 is 22.2 Å². The van der Waals surface area contributed by atoms with Crippen LogP contribution < -0.4 is 4.74 Å². The summed E-state index contributed by atoms with van der Waals surface area (Å²) in [6.45, 7) is 0. The molecular formula is C13H8F3NOS. The minimum atomic E-state index is -4.67. The Morgan fingerprint density at radius 3 is 2.63 bits per heavy atom. The number of halogens is 3. The maximum Gasteiger partial charge on any atom is 0.573 e. The van der Waals surface area contributed by atoms with Gasteiger partial charge in [-0.15, -0.1) is 24.5 Å². The number of benzene rings is 1. The van der Waals surface area contributed by atoms with E-state index in [0.29, 0.717) is 5.39 Å². The fraction of sp³-hybridized carbons (Fsp3) is 0.0769. The Labute approximate surface area is 110 Å². The molecule has 98 valence electrons. The van der Waals surface area contributed by atoms with Gasteiger partial charge in [0, 0.05) is 10.9 Å². The van der Waals surface area contributed by atoms with Crippen LogP contribution in [0.4, 0.5) is 13.2 Å². The molecule has 0 saturated heterocycles. The minimum absolute atomic E-state index is 0.211. The average molecular weight is 283 g/mol. The highest BCUT2D eigenvalue weighted by Crippen LogP contribution is 2.31. The van der Waals surface area contributed by atoms with Gasteiger partial charge >= 0.3 is 6.36 Å². The standard InChI is InChI=1S/C13H8F3NOS/c14-13(15,16)18-9-3-4-10-8(6-9)7-11(17-10)12-2-1-5-19-12/h1-7,17H. The number of aromatic amines is 1. The van der Waals surface area contributed by atoms with Gasteiger partial charge in [0.05, 0.1) is 10.6 Å². The van der Waals surface area contributed by atoms with E-state index in [9.17, 15) is 13.2 Å². The number of thiophene rings is 1. The number of fused-ring (bicyclic) bond motifs is 1. The molecule has 0 bridgehead atoms. The normalized spacial score (nSPS) is 11.9.